The average Bonchev–Trinajstić information content (AvgIpc) is 2.46. The van der Waals surface area contributed by atoms with Crippen molar-refractivity contribution in [3.8, 4) is 0 Å². The lowest BCUT2D eigenvalue weighted by Gasteiger charge is -2.20. The van der Waals surface area contributed by atoms with Crippen LogP contribution in [0.2, 0.25) is 0 Å². The minimum Gasteiger partial charge on any atom is -0.396 e. The fourth-order valence-corrected chi connectivity index (χ4v) is 3.23. The van der Waals surface area contributed by atoms with Crippen LogP contribution in [0.3, 0.4) is 0 Å². The van der Waals surface area contributed by atoms with Gasteiger partial charge in [-0.05, 0) is 24.3 Å². The zero-order valence-electron chi connectivity index (χ0n) is 11.1. The van der Waals surface area contributed by atoms with E-state index < -0.39 is 10.0 Å². The van der Waals surface area contributed by atoms with E-state index in [9.17, 15) is 8.42 Å². The first-order chi connectivity index (χ1) is 9.55. The summed E-state index contributed by atoms with van der Waals surface area (Å²) in [5.41, 5.74) is 6.53. The third kappa shape index (κ3) is 2.94. The first kappa shape index (κ1) is 14.4. The topological polar surface area (TPSA) is 89.2 Å². The standard InChI is InChI=1S/C13H16N4O2S/c1-2-17(10-11-6-3-4-8-15-11)20(18,19)13-12(14)7-5-9-16-13/h3-9H,2,10,14H2,1H3. The number of hydrogen-bond donors (Lipinski definition) is 1. The highest BCUT2D eigenvalue weighted by molar-refractivity contribution is 7.89. The van der Waals surface area contributed by atoms with E-state index in [-0.39, 0.29) is 17.3 Å². The predicted molar refractivity (Wildman–Crippen MR) is 76.2 cm³/mol. The van der Waals surface area contributed by atoms with Crippen molar-refractivity contribution in [2.75, 3.05) is 12.3 Å². The Morgan fingerprint density at radius 2 is 1.90 bits per heavy atom. The number of anilines is 1. The van der Waals surface area contributed by atoms with E-state index >= 15 is 0 Å². The monoisotopic (exact) mass is 292 g/mol. The SMILES string of the molecule is CCN(Cc1ccccn1)S(=O)(=O)c1ncccc1N. The second kappa shape index (κ2) is 5.98. The minimum atomic E-state index is -3.72. The summed E-state index contributed by atoms with van der Waals surface area (Å²) >= 11 is 0. The van der Waals surface area contributed by atoms with Gasteiger partial charge < -0.3 is 5.73 Å². The lowest BCUT2D eigenvalue weighted by Crippen LogP contribution is -2.31. The lowest BCUT2D eigenvalue weighted by molar-refractivity contribution is 0.417. The van der Waals surface area contributed by atoms with Crippen LogP contribution in [0.5, 0.6) is 0 Å². The quantitative estimate of drug-likeness (QED) is 0.896. The summed E-state index contributed by atoms with van der Waals surface area (Å²) in [6, 6.07) is 8.50. The maximum Gasteiger partial charge on any atom is 0.262 e. The van der Waals surface area contributed by atoms with Crippen molar-refractivity contribution in [2.45, 2.75) is 18.5 Å². The van der Waals surface area contributed by atoms with Crippen LogP contribution in [0.15, 0.2) is 47.8 Å². The molecule has 2 N–H and O–H groups in total. The molecule has 0 fully saturated rings. The molecule has 0 aliphatic heterocycles. The number of nitrogens with zero attached hydrogens (tertiary/aromatic N) is 3. The molecule has 0 unspecified atom stereocenters. The first-order valence-corrected chi connectivity index (χ1v) is 7.60. The summed E-state index contributed by atoms with van der Waals surface area (Å²) in [5.74, 6) is 0. The zero-order valence-corrected chi connectivity index (χ0v) is 11.9. The van der Waals surface area contributed by atoms with Crippen molar-refractivity contribution >= 4 is 15.7 Å². The molecule has 0 saturated heterocycles. The van der Waals surface area contributed by atoms with E-state index in [1.807, 2.05) is 6.07 Å². The Hall–Kier alpha value is -1.99. The van der Waals surface area contributed by atoms with E-state index in [4.69, 9.17) is 5.73 Å². The molecule has 0 aromatic carbocycles. The number of nitrogen functional groups attached to an aromatic ring is 1. The van der Waals surface area contributed by atoms with Gasteiger partial charge >= 0.3 is 0 Å². The molecule has 7 heteroatoms. The molecule has 0 bridgehead atoms. The number of pyridine rings is 2. The smallest absolute Gasteiger partial charge is 0.262 e. The molecule has 0 spiro atoms. The number of sulfonamides is 1. The lowest BCUT2D eigenvalue weighted by atomic mass is 10.3. The maximum atomic E-state index is 12.5. The Balaban J connectivity index is 2.34. The highest BCUT2D eigenvalue weighted by atomic mass is 32.2. The molecular weight excluding hydrogens is 276 g/mol. The van der Waals surface area contributed by atoms with Crippen molar-refractivity contribution in [3.05, 3.63) is 48.4 Å². The third-order valence-electron chi connectivity index (χ3n) is 2.80. The molecule has 0 radical (unpaired) electrons. The minimum absolute atomic E-state index is 0.113. The van der Waals surface area contributed by atoms with Gasteiger partial charge in [-0.25, -0.2) is 13.4 Å². The summed E-state index contributed by atoms with van der Waals surface area (Å²) in [4.78, 5) is 8.02. The van der Waals surface area contributed by atoms with Crippen LogP contribution in [0.1, 0.15) is 12.6 Å². The number of hydrogen-bond acceptors (Lipinski definition) is 5. The highest BCUT2D eigenvalue weighted by Crippen LogP contribution is 2.20. The number of aromatic nitrogens is 2. The van der Waals surface area contributed by atoms with Gasteiger partial charge in [-0.1, -0.05) is 13.0 Å². The normalized spacial score (nSPS) is 11.7. The van der Waals surface area contributed by atoms with E-state index in [1.165, 1.54) is 16.6 Å². The number of rotatable bonds is 5. The first-order valence-electron chi connectivity index (χ1n) is 6.16. The second-order valence-electron chi connectivity index (χ2n) is 4.15. The third-order valence-corrected chi connectivity index (χ3v) is 4.70. The summed E-state index contributed by atoms with van der Waals surface area (Å²) in [6.45, 7) is 2.27. The fraction of sp³-hybridized carbons (Fsp3) is 0.231. The molecule has 20 heavy (non-hydrogen) atoms. The van der Waals surface area contributed by atoms with Crippen LogP contribution in [0, 0.1) is 0 Å². The Morgan fingerprint density at radius 1 is 1.15 bits per heavy atom. The Labute approximate surface area is 118 Å². The van der Waals surface area contributed by atoms with Crippen LogP contribution in [0.4, 0.5) is 5.69 Å². The molecule has 2 heterocycles. The molecule has 0 aliphatic carbocycles. The van der Waals surface area contributed by atoms with Crippen molar-refractivity contribution in [3.63, 3.8) is 0 Å². The second-order valence-corrected chi connectivity index (χ2v) is 6.00. The van der Waals surface area contributed by atoms with Gasteiger partial charge in [0.05, 0.1) is 17.9 Å². The molecule has 6 nitrogen and oxygen atoms in total. The van der Waals surface area contributed by atoms with Crippen LogP contribution in [0.25, 0.3) is 0 Å². The van der Waals surface area contributed by atoms with Crippen LogP contribution < -0.4 is 5.73 Å². The Bertz CT molecular complexity index is 674. The van der Waals surface area contributed by atoms with Gasteiger partial charge in [-0.15, -0.1) is 0 Å². The Kier molecular flexibility index (Phi) is 4.31. The van der Waals surface area contributed by atoms with Crippen LogP contribution >= 0.6 is 0 Å². The van der Waals surface area contributed by atoms with Crippen molar-refractivity contribution < 1.29 is 8.42 Å². The predicted octanol–water partition coefficient (Wildman–Crippen LogP) is 1.27. The molecule has 106 valence electrons. The summed E-state index contributed by atoms with van der Waals surface area (Å²) in [6.07, 6.45) is 3.04. The molecule has 2 aromatic heterocycles. The molecule has 0 amide bonds. The number of nitrogens with two attached hydrogens (primary N) is 1. The average molecular weight is 292 g/mol. The van der Waals surface area contributed by atoms with E-state index in [0.717, 1.165) is 0 Å². The van der Waals surface area contributed by atoms with E-state index in [1.54, 1.807) is 31.3 Å². The summed E-state index contributed by atoms with van der Waals surface area (Å²) in [5, 5.41) is -0.113. The molecule has 0 atom stereocenters. The van der Waals surface area contributed by atoms with Gasteiger partial charge in [0.15, 0.2) is 5.03 Å². The summed E-state index contributed by atoms with van der Waals surface area (Å²) in [7, 11) is -3.72. The van der Waals surface area contributed by atoms with Crippen molar-refractivity contribution in [1.29, 1.82) is 0 Å². The zero-order chi connectivity index (χ0) is 14.6. The fourth-order valence-electron chi connectivity index (χ4n) is 1.78. The van der Waals surface area contributed by atoms with Crippen LogP contribution in [-0.4, -0.2) is 29.2 Å². The van der Waals surface area contributed by atoms with Crippen molar-refractivity contribution in [1.82, 2.24) is 14.3 Å². The van der Waals surface area contributed by atoms with Gasteiger partial charge in [-0.3, -0.25) is 4.98 Å². The van der Waals surface area contributed by atoms with Gasteiger partial charge in [-0.2, -0.15) is 4.31 Å². The van der Waals surface area contributed by atoms with Gasteiger partial charge in [0, 0.05) is 18.9 Å². The highest BCUT2D eigenvalue weighted by Gasteiger charge is 2.26. The molecule has 2 aromatic rings. The molecule has 0 saturated carbocycles. The molecular formula is C13H16N4O2S. The van der Waals surface area contributed by atoms with Crippen molar-refractivity contribution in [2.24, 2.45) is 0 Å². The van der Waals surface area contributed by atoms with Gasteiger partial charge in [0.1, 0.15) is 0 Å². The van der Waals surface area contributed by atoms with E-state index in [0.29, 0.717) is 12.2 Å². The van der Waals surface area contributed by atoms with Crippen LogP contribution in [-0.2, 0) is 16.6 Å². The van der Waals surface area contributed by atoms with E-state index in [2.05, 4.69) is 9.97 Å². The maximum absolute atomic E-state index is 12.5. The molecule has 0 aliphatic rings. The van der Waals surface area contributed by atoms with Gasteiger partial charge in [0.2, 0.25) is 0 Å². The molecule has 2 rings (SSSR count). The van der Waals surface area contributed by atoms with Gasteiger partial charge in [0.25, 0.3) is 10.0 Å². The largest absolute Gasteiger partial charge is 0.396 e. The summed E-state index contributed by atoms with van der Waals surface area (Å²) < 4.78 is 26.4. The Morgan fingerprint density at radius 3 is 2.50 bits per heavy atom.